The van der Waals surface area contributed by atoms with Crippen LogP contribution in [0.5, 0.6) is 0 Å². The lowest BCUT2D eigenvalue weighted by molar-refractivity contribution is -0.119. The minimum Gasteiger partial charge on any atom is -0.452 e. The zero-order valence-electron chi connectivity index (χ0n) is 15.1. The van der Waals surface area contributed by atoms with Crippen LogP contribution in [0.4, 0.5) is 10.8 Å². The zero-order chi connectivity index (χ0) is 21.4. The smallest absolute Gasteiger partial charge is 0.340 e. The molecular weight excluding hydrogens is 474 g/mol. The summed E-state index contributed by atoms with van der Waals surface area (Å²) < 4.78 is 5.74. The van der Waals surface area contributed by atoms with Gasteiger partial charge in [-0.15, -0.1) is 0 Å². The summed E-state index contributed by atoms with van der Waals surface area (Å²) in [5.74, 6) is -2.26. The topological polar surface area (TPSA) is 128 Å². The van der Waals surface area contributed by atoms with Crippen LogP contribution in [0.25, 0.3) is 0 Å². The number of ketones is 2. The maximum atomic E-state index is 12.9. The van der Waals surface area contributed by atoms with Gasteiger partial charge in [0.2, 0.25) is 0 Å². The average Bonchev–Trinajstić information content (AvgIpc) is 3.14. The Labute approximate surface area is 182 Å². The molecule has 0 aliphatic heterocycles. The summed E-state index contributed by atoms with van der Waals surface area (Å²) in [6.07, 6.45) is 1.52. The van der Waals surface area contributed by atoms with Crippen molar-refractivity contribution in [2.75, 3.05) is 17.7 Å². The molecule has 0 radical (unpaired) electrons. The van der Waals surface area contributed by atoms with Crippen molar-refractivity contribution in [1.82, 2.24) is 4.98 Å². The number of nitrogen functional groups attached to an aromatic ring is 1. The van der Waals surface area contributed by atoms with Gasteiger partial charge < -0.3 is 10.5 Å². The maximum absolute atomic E-state index is 12.9. The summed E-state index contributed by atoms with van der Waals surface area (Å²) in [5, 5.41) is 2.84. The van der Waals surface area contributed by atoms with E-state index in [2.05, 4.69) is 26.2 Å². The van der Waals surface area contributed by atoms with Crippen molar-refractivity contribution >= 4 is 61.5 Å². The van der Waals surface area contributed by atoms with Crippen LogP contribution in [0.3, 0.4) is 0 Å². The molecule has 0 atom stereocenters. The van der Waals surface area contributed by atoms with Crippen LogP contribution in [-0.2, 0) is 9.53 Å². The Morgan fingerprint density at radius 1 is 1.07 bits per heavy atom. The molecule has 30 heavy (non-hydrogen) atoms. The molecule has 1 heterocycles. The number of hydrogen-bond acceptors (Lipinski definition) is 8. The van der Waals surface area contributed by atoms with E-state index < -0.39 is 24.3 Å². The quantitative estimate of drug-likeness (QED) is 0.335. The Hall–Kier alpha value is -3.37. The number of aromatic nitrogens is 1. The predicted molar refractivity (Wildman–Crippen MR) is 113 cm³/mol. The number of rotatable bonds is 4. The monoisotopic (exact) mass is 485 g/mol. The third-order valence-electron chi connectivity index (χ3n) is 4.41. The van der Waals surface area contributed by atoms with Crippen LogP contribution in [0.2, 0.25) is 0 Å². The van der Waals surface area contributed by atoms with Crippen LogP contribution < -0.4 is 11.1 Å². The first-order chi connectivity index (χ1) is 14.4. The molecule has 1 amide bonds. The minimum atomic E-state index is -0.884. The highest BCUT2D eigenvalue weighted by Gasteiger charge is 2.33. The molecule has 150 valence electrons. The molecule has 0 saturated heterocycles. The van der Waals surface area contributed by atoms with Gasteiger partial charge >= 0.3 is 5.97 Å². The second-order valence-electron chi connectivity index (χ2n) is 6.25. The number of esters is 1. The van der Waals surface area contributed by atoms with E-state index in [4.69, 9.17) is 10.5 Å². The lowest BCUT2D eigenvalue weighted by atomic mass is 9.82. The van der Waals surface area contributed by atoms with E-state index >= 15 is 0 Å². The number of nitrogens with zero attached hydrogens (tertiary/aromatic N) is 1. The number of amides is 1. The molecule has 10 heteroatoms. The number of thiazole rings is 1. The summed E-state index contributed by atoms with van der Waals surface area (Å²) in [6, 6.07) is 9.08. The highest BCUT2D eigenvalue weighted by atomic mass is 79.9. The van der Waals surface area contributed by atoms with Crippen molar-refractivity contribution in [2.45, 2.75) is 0 Å². The second-order valence-corrected chi connectivity index (χ2v) is 8.66. The lowest BCUT2D eigenvalue weighted by Crippen LogP contribution is -2.25. The van der Waals surface area contributed by atoms with Gasteiger partial charge in [0.05, 0.1) is 26.8 Å². The van der Waals surface area contributed by atoms with Crippen molar-refractivity contribution < 1.29 is 23.9 Å². The SMILES string of the molecule is Nc1c(C(=O)OCC(=O)Nc2ncc(Br)s2)ccc2c1C(=O)c1ccccc1C2=O. The van der Waals surface area contributed by atoms with E-state index in [9.17, 15) is 19.2 Å². The van der Waals surface area contributed by atoms with Gasteiger partial charge in [-0.2, -0.15) is 0 Å². The van der Waals surface area contributed by atoms with Gasteiger partial charge in [-0.05, 0) is 28.1 Å². The van der Waals surface area contributed by atoms with Crippen LogP contribution in [0, 0.1) is 0 Å². The fourth-order valence-electron chi connectivity index (χ4n) is 3.07. The maximum Gasteiger partial charge on any atom is 0.340 e. The molecule has 0 spiro atoms. The second kappa shape index (κ2) is 7.81. The summed E-state index contributed by atoms with van der Waals surface area (Å²) in [7, 11) is 0. The summed E-state index contributed by atoms with van der Waals surface area (Å²) >= 11 is 4.43. The van der Waals surface area contributed by atoms with Gasteiger partial charge in [0, 0.05) is 16.7 Å². The van der Waals surface area contributed by atoms with Crippen molar-refractivity contribution in [3.63, 3.8) is 0 Å². The molecule has 0 unspecified atom stereocenters. The number of carbonyl (C=O) groups is 4. The highest BCUT2D eigenvalue weighted by molar-refractivity contribution is 9.11. The van der Waals surface area contributed by atoms with Gasteiger partial charge in [-0.3, -0.25) is 19.7 Å². The first kappa shape index (κ1) is 19.9. The van der Waals surface area contributed by atoms with E-state index in [0.29, 0.717) is 5.13 Å². The molecule has 1 aromatic heterocycles. The van der Waals surface area contributed by atoms with E-state index in [0.717, 1.165) is 3.79 Å². The minimum absolute atomic E-state index is 0.0368. The fraction of sp³-hybridized carbons (Fsp3) is 0.0500. The third kappa shape index (κ3) is 3.51. The van der Waals surface area contributed by atoms with Crippen LogP contribution in [0.1, 0.15) is 42.2 Å². The molecule has 4 rings (SSSR count). The number of ether oxygens (including phenoxy) is 1. The molecule has 3 aromatic rings. The van der Waals surface area contributed by atoms with Crippen LogP contribution >= 0.6 is 27.3 Å². The third-order valence-corrected chi connectivity index (χ3v) is 5.80. The number of halogens is 1. The first-order valence-electron chi connectivity index (χ1n) is 8.56. The van der Waals surface area contributed by atoms with Crippen molar-refractivity contribution in [3.05, 3.63) is 74.2 Å². The van der Waals surface area contributed by atoms with E-state index in [1.807, 2.05) is 0 Å². The Morgan fingerprint density at radius 2 is 1.77 bits per heavy atom. The van der Waals surface area contributed by atoms with E-state index in [1.165, 1.54) is 35.7 Å². The van der Waals surface area contributed by atoms with Gasteiger partial charge in [-0.1, -0.05) is 35.6 Å². The number of nitrogens with one attached hydrogen (secondary N) is 1. The number of carbonyl (C=O) groups excluding carboxylic acids is 4. The lowest BCUT2D eigenvalue weighted by Gasteiger charge is -2.20. The number of fused-ring (bicyclic) bond motifs is 2. The number of benzene rings is 2. The number of hydrogen-bond donors (Lipinski definition) is 2. The van der Waals surface area contributed by atoms with E-state index in [-0.39, 0.29) is 39.3 Å². The number of nitrogens with two attached hydrogens (primary N) is 1. The van der Waals surface area contributed by atoms with Crippen molar-refractivity contribution in [3.8, 4) is 0 Å². The highest BCUT2D eigenvalue weighted by Crippen LogP contribution is 2.33. The zero-order valence-corrected chi connectivity index (χ0v) is 17.5. The van der Waals surface area contributed by atoms with Crippen molar-refractivity contribution in [1.29, 1.82) is 0 Å². The van der Waals surface area contributed by atoms with Gasteiger partial charge in [0.1, 0.15) is 0 Å². The largest absolute Gasteiger partial charge is 0.452 e. The average molecular weight is 486 g/mol. The Balaban J connectivity index is 1.54. The Kier molecular flexibility index (Phi) is 5.18. The molecule has 1 aliphatic rings. The molecule has 2 aromatic carbocycles. The Bertz CT molecular complexity index is 1240. The number of anilines is 2. The molecule has 0 fully saturated rings. The van der Waals surface area contributed by atoms with E-state index in [1.54, 1.807) is 18.2 Å². The van der Waals surface area contributed by atoms with Gasteiger partial charge in [0.25, 0.3) is 5.91 Å². The molecule has 1 aliphatic carbocycles. The molecule has 8 nitrogen and oxygen atoms in total. The summed E-state index contributed by atoms with van der Waals surface area (Å²) in [6.45, 7) is -0.567. The molecule has 3 N–H and O–H groups in total. The normalized spacial score (nSPS) is 12.2. The van der Waals surface area contributed by atoms with Crippen LogP contribution in [0.15, 0.2) is 46.4 Å². The predicted octanol–water partition coefficient (Wildman–Crippen LogP) is 3.06. The summed E-state index contributed by atoms with van der Waals surface area (Å²) in [5.41, 5.74) is 6.40. The van der Waals surface area contributed by atoms with Crippen molar-refractivity contribution in [2.24, 2.45) is 0 Å². The molecule has 0 saturated carbocycles. The van der Waals surface area contributed by atoms with Gasteiger partial charge in [0.15, 0.2) is 23.3 Å². The first-order valence-corrected chi connectivity index (χ1v) is 10.2. The molecule has 0 bridgehead atoms. The van der Waals surface area contributed by atoms with Gasteiger partial charge in [-0.25, -0.2) is 9.78 Å². The summed E-state index contributed by atoms with van der Waals surface area (Å²) in [4.78, 5) is 53.9. The fourth-order valence-corrected chi connectivity index (χ4v) is 4.19. The van der Waals surface area contributed by atoms with Crippen LogP contribution in [-0.4, -0.2) is 35.0 Å². The Morgan fingerprint density at radius 3 is 2.43 bits per heavy atom. The molecular formula is C20H12BrN3O5S. The standard InChI is InChI=1S/C20H12BrN3O5S/c21-13-7-23-20(30-13)24-14(25)8-29-19(28)12-6-5-11-15(16(12)22)18(27)10-4-2-1-3-9(10)17(11)26/h1-7H,8,22H2,(H,23,24,25).